The summed E-state index contributed by atoms with van der Waals surface area (Å²) in [5, 5.41) is 17.4. The molecule has 0 radical (unpaired) electrons. The Kier molecular flexibility index (Phi) is 4.70. The van der Waals surface area contributed by atoms with Crippen molar-refractivity contribution in [3.8, 4) is 0 Å². The molecule has 0 aromatic heterocycles. The van der Waals surface area contributed by atoms with Crippen LogP contribution in [0.3, 0.4) is 0 Å². The fourth-order valence-corrected chi connectivity index (χ4v) is 1.77. The lowest BCUT2D eigenvalue weighted by molar-refractivity contribution is -0.144. The molecule has 1 fully saturated rings. The first-order valence-corrected chi connectivity index (χ1v) is 5.45. The molecule has 16 heavy (non-hydrogen) atoms. The van der Waals surface area contributed by atoms with Crippen LogP contribution >= 0.6 is 0 Å². The van der Waals surface area contributed by atoms with Crippen LogP contribution in [0.2, 0.25) is 0 Å². The van der Waals surface area contributed by atoms with Crippen LogP contribution in [0.1, 0.15) is 25.7 Å². The first-order valence-electron chi connectivity index (χ1n) is 5.45. The third-order valence-corrected chi connectivity index (χ3v) is 2.85. The van der Waals surface area contributed by atoms with E-state index in [9.17, 15) is 9.59 Å². The Labute approximate surface area is 94.0 Å². The zero-order valence-corrected chi connectivity index (χ0v) is 9.13. The fourth-order valence-electron chi connectivity index (χ4n) is 1.77. The van der Waals surface area contributed by atoms with E-state index in [1.165, 1.54) is 4.90 Å². The van der Waals surface area contributed by atoms with Crippen LogP contribution in [0.25, 0.3) is 0 Å². The average molecular weight is 230 g/mol. The molecule has 0 aliphatic heterocycles. The number of aliphatic hydroxyl groups is 1. The van der Waals surface area contributed by atoms with Gasteiger partial charge in [0, 0.05) is 12.6 Å². The van der Waals surface area contributed by atoms with Gasteiger partial charge < -0.3 is 20.8 Å². The average Bonchev–Trinajstić information content (AvgIpc) is 2.12. The predicted molar refractivity (Wildman–Crippen MR) is 56.7 cm³/mol. The molecule has 1 amide bonds. The van der Waals surface area contributed by atoms with Crippen molar-refractivity contribution in [3.63, 3.8) is 0 Å². The number of hydrogen-bond acceptors (Lipinski definition) is 4. The molecule has 0 aromatic carbocycles. The van der Waals surface area contributed by atoms with Gasteiger partial charge >= 0.3 is 5.97 Å². The van der Waals surface area contributed by atoms with Crippen molar-refractivity contribution in [3.05, 3.63) is 0 Å². The molecular formula is C10H18N2O4. The minimum Gasteiger partial charge on any atom is -0.481 e. The van der Waals surface area contributed by atoms with Gasteiger partial charge in [-0.2, -0.15) is 0 Å². The van der Waals surface area contributed by atoms with Crippen LogP contribution in [-0.4, -0.2) is 52.2 Å². The van der Waals surface area contributed by atoms with E-state index < -0.39 is 12.0 Å². The van der Waals surface area contributed by atoms with Crippen molar-refractivity contribution >= 4 is 11.9 Å². The number of nitrogens with two attached hydrogens (primary N) is 1. The fraction of sp³-hybridized carbons (Fsp3) is 0.800. The summed E-state index contributed by atoms with van der Waals surface area (Å²) in [6.07, 6.45) is 2.51. The number of aliphatic hydroxyl groups excluding tert-OH is 1. The quantitative estimate of drug-likeness (QED) is 0.552. The van der Waals surface area contributed by atoms with Gasteiger partial charge in [-0.1, -0.05) is 0 Å². The molecule has 6 heteroatoms. The van der Waals surface area contributed by atoms with Gasteiger partial charge in [0.05, 0.1) is 19.1 Å². The second-order valence-electron chi connectivity index (χ2n) is 4.04. The Morgan fingerprint density at radius 2 is 2.06 bits per heavy atom. The predicted octanol–water partition coefficient (Wildman–Crippen LogP) is -0.838. The van der Waals surface area contributed by atoms with Crippen LogP contribution in [0, 0.1) is 0 Å². The largest absolute Gasteiger partial charge is 0.481 e. The number of carbonyl (C=O) groups is 2. The van der Waals surface area contributed by atoms with Crippen LogP contribution in [-0.2, 0) is 9.59 Å². The molecule has 6 nitrogen and oxygen atoms in total. The van der Waals surface area contributed by atoms with Crippen molar-refractivity contribution in [2.24, 2.45) is 5.73 Å². The van der Waals surface area contributed by atoms with Gasteiger partial charge in [0.25, 0.3) is 0 Å². The van der Waals surface area contributed by atoms with Crippen LogP contribution in [0.4, 0.5) is 0 Å². The number of amides is 1. The summed E-state index contributed by atoms with van der Waals surface area (Å²) in [6.45, 7) is 0.110. The molecule has 4 N–H and O–H groups in total. The van der Waals surface area contributed by atoms with E-state index in [2.05, 4.69) is 0 Å². The first kappa shape index (κ1) is 12.9. The summed E-state index contributed by atoms with van der Waals surface area (Å²) in [5.74, 6) is -1.46. The molecule has 0 heterocycles. The Bertz CT molecular complexity index is 266. The maximum absolute atomic E-state index is 11.8. The molecule has 0 bridgehead atoms. The Hall–Kier alpha value is -1.14. The Balaban J connectivity index is 2.54. The van der Waals surface area contributed by atoms with Crippen LogP contribution < -0.4 is 5.73 Å². The molecule has 1 aliphatic carbocycles. The third kappa shape index (κ3) is 3.18. The minimum atomic E-state index is -1.08. The number of hydrogen-bond donors (Lipinski definition) is 3. The summed E-state index contributed by atoms with van der Waals surface area (Å²) >= 11 is 0. The number of carboxylic acid groups (broad SMARTS) is 1. The maximum atomic E-state index is 11.8. The highest BCUT2D eigenvalue weighted by Crippen LogP contribution is 2.25. The van der Waals surface area contributed by atoms with Crippen molar-refractivity contribution in [2.75, 3.05) is 13.2 Å². The normalized spacial score (nSPS) is 17.6. The Morgan fingerprint density at radius 3 is 2.44 bits per heavy atom. The molecule has 92 valence electrons. The summed E-state index contributed by atoms with van der Waals surface area (Å²) < 4.78 is 0. The number of nitrogens with zero attached hydrogens (tertiary/aromatic N) is 1. The molecule has 1 atom stereocenters. The lowest BCUT2D eigenvalue weighted by Gasteiger charge is -2.38. The SMILES string of the molecule is NC(CC(=O)O)C(=O)N(CCO)C1CCC1. The summed E-state index contributed by atoms with van der Waals surface area (Å²) in [4.78, 5) is 23.8. The van der Waals surface area contributed by atoms with Gasteiger partial charge in [0.2, 0.25) is 5.91 Å². The minimum absolute atomic E-state index is 0.123. The molecule has 1 saturated carbocycles. The third-order valence-electron chi connectivity index (χ3n) is 2.85. The molecule has 0 aromatic rings. The number of rotatable bonds is 6. The van der Waals surface area contributed by atoms with E-state index in [0.717, 1.165) is 19.3 Å². The zero-order valence-electron chi connectivity index (χ0n) is 9.13. The highest BCUT2D eigenvalue weighted by atomic mass is 16.4. The highest BCUT2D eigenvalue weighted by Gasteiger charge is 2.31. The number of carboxylic acids is 1. The lowest BCUT2D eigenvalue weighted by atomic mass is 9.91. The van der Waals surface area contributed by atoms with Gasteiger partial charge in [0.15, 0.2) is 0 Å². The second-order valence-corrected chi connectivity index (χ2v) is 4.04. The number of carbonyl (C=O) groups excluding carboxylic acids is 1. The van der Waals surface area contributed by atoms with Crippen molar-refractivity contribution in [1.29, 1.82) is 0 Å². The van der Waals surface area contributed by atoms with Gasteiger partial charge in [-0.3, -0.25) is 9.59 Å². The summed E-state index contributed by atoms with van der Waals surface area (Å²) in [5.41, 5.74) is 5.51. The van der Waals surface area contributed by atoms with Crippen molar-refractivity contribution in [2.45, 2.75) is 37.8 Å². The first-order chi connectivity index (χ1) is 7.56. The topological polar surface area (TPSA) is 104 Å². The van der Waals surface area contributed by atoms with E-state index in [-0.39, 0.29) is 31.5 Å². The lowest BCUT2D eigenvalue weighted by Crippen LogP contribution is -2.52. The van der Waals surface area contributed by atoms with E-state index >= 15 is 0 Å². The smallest absolute Gasteiger partial charge is 0.305 e. The zero-order chi connectivity index (χ0) is 12.1. The second kappa shape index (κ2) is 5.81. The molecular weight excluding hydrogens is 212 g/mol. The van der Waals surface area contributed by atoms with Crippen LogP contribution in [0.5, 0.6) is 0 Å². The van der Waals surface area contributed by atoms with E-state index in [4.69, 9.17) is 15.9 Å². The van der Waals surface area contributed by atoms with Gasteiger partial charge in [0.1, 0.15) is 0 Å². The molecule has 1 aliphatic rings. The van der Waals surface area contributed by atoms with Crippen molar-refractivity contribution < 1.29 is 19.8 Å². The van der Waals surface area contributed by atoms with Gasteiger partial charge in [-0.25, -0.2) is 0 Å². The van der Waals surface area contributed by atoms with Gasteiger partial charge in [-0.05, 0) is 19.3 Å². The standard InChI is InChI=1S/C10H18N2O4/c11-8(6-9(14)15)10(16)12(4-5-13)7-2-1-3-7/h7-8,13H,1-6,11H2,(H,14,15). The van der Waals surface area contributed by atoms with E-state index in [1.54, 1.807) is 0 Å². The Morgan fingerprint density at radius 1 is 1.44 bits per heavy atom. The van der Waals surface area contributed by atoms with Crippen LogP contribution in [0.15, 0.2) is 0 Å². The monoisotopic (exact) mass is 230 g/mol. The summed E-state index contributed by atoms with van der Waals surface area (Å²) in [6, 6.07) is -0.885. The number of aliphatic carboxylic acids is 1. The molecule has 1 unspecified atom stereocenters. The summed E-state index contributed by atoms with van der Waals surface area (Å²) in [7, 11) is 0. The van der Waals surface area contributed by atoms with Crippen molar-refractivity contribution in [1.82, 2.24) is 4.90 Å². The molecule has 0 spiro atoms. The molecule has 0 saturated heterocycles. The highest BCUT2D eigenvalue weighted by molar-refractivity contribution is 5.86. The van der Waals surface area contributed by atoms with Gasteiger partial charge in [-0.15, -0.1) is 0 Å². The van der Waals surface area contributed by atoms with E-state index in [0.29, 0.717) is 0 Å². The maximum Gasteiger partial charge on any atom is 0.305 e. The molecule has 1 rings (SSSR count). The van der Waals surface area contributed by atoms with E-state index in [1.807, 2.05) is 0 Å².